The Bertz CT molecular complexity index is 481. The molecule has 16 heavy (non-hydrogen) atoms. The van der Waals surface area contributed by atoms with E-state index in [1.54, 1.807) is 6.20 Å². The van der Waals surface area contributed by atoms with Gasteiger partial charge in [0.05, 0.1) is 6.54 Å². The number of halogens is 3. The van der Waals surface area contributed by atoms with Gasteiger partial charge in [-0.2, -0.15) is 0 Å². The molecule has 0 spiro atoms. The summed E-state index contributed by atoms with van der Waals surface area (Å²) in [6, 6.07) is 3.28. The van der Waals surface area contributed by atoms with Gasteiger partial charge in [-0.3, -0.25) is 0 Å². The predicted molar refractivity (Wildman–Crippen MR) is 60.8 cm³/mol. The van der Waals surface area contributed by atoms with E-state index in [1.807, 2.05) is 0 Å². The van der Waals surface area contributed by atoms with Crippen molar-refractivity contribution in [1.82, 2.24) is 4.98 Å². The van der Waals surface area contributed by atoms with Crippen LogP contribution < -0.4 is 5.32 Å². The Morgan fingerprint density at radius 2 is 1.94 bits per heavy atom. The molecule has 1 aromatic carbocycles. The van der Waals surface area contributed by atoms with Gasteiger partial charge in [0.25, 0.3) is 0 Å². The van der Waals surface area contributed by atoms with E-state index in [4.69, 9.17) is 11.6 Å². The van der Waals surface area contributed by atoms with Gasteiger partial charge >= 0.3 is 0 Å². The highest BCUT2D eigenvalue weighted by Gasteiger charge is 2.02. The monoisotopic (exact) mass is 260 g/mol. The Labute approximate surface area is 99.9 Å². The number of hydrogen-bond acceptors (Lipinski definition) is 3. The fraction of sp³-hybridized carbons (Fsp3) is 0.100. The average molecular weight is 261 g/mol. The molecule has 0 atom stereocenters. The largest absolute Gasteiger partial charge is 0.380 e. The Hall–Kier alpha value is -1.20. The molecule has 0 bridgehead atoms. The van der Waals surface area contributed by atoms with Crippen LogP contribution in [-0.4, -0.2) is 4.98 Å². The summed E-state index contributed by atoms with van der Waals surface area (Å²) in [6.07, 6.45) is 1.62. The SMILES string of the molecule is Fc1cc(F)cc(NCc2cnc(Cl)s2)c1. The van der Waals surface area contributed by atoms with Crippen LogP contribution >= 0.6 is 22.9 Å². The van der Waals surface area contributed by atoms with Crippen LogP contribution in [0.3, 0.4) is 0 Å². The van der Waals surface area contributed by atoms with E-state index in [0.29, 0.717) is 16.7 Å². The van der Waals surface area contributed by atoms with Crippen molar-refractivity contribution >= 4 is 28.6 Å². The van der Waals surface area contributed by atoms with E-state index >= 15 is 0 Å². The molecule has 0 saturated heterocycles. The molecule has 0 radical (unpaired) electrons. The molecule has 0 amide bonds. The third-order valence-corrected chi connectivity index (χ3v) is 2.97. The van der Waals surface area contributed by atoms with Gasteiger partial charge in [0.1, 0.15) is 11.6 Å². The minimum absolute atomic E-state index is 0.391. The van der Waals surface area contributed by atoms with Gasteiger partial charge in [0, 0.05) is 22.8 Å². The summed E-state index contributed by atoms with van der Waals surface area (Å²) in [4.78, 5) is 4.76. The summed E-state index contributed by atoms with van der Waals surface area (Å²) in [7, 11) is 0. The van der Waals surface area contributed by atoms with Gasteiger partial charge in [-0.05, 0) is 12.1 Å². The van der Waals surface area contributed by atoms with Gasteiger partial charge < -0.3 is 5.32 Å². The molecule has 1 aromatic heterocycles. The maximum Gasteiger partial charge on any atom is 0.183 e. The van der Waals surface area contributed by atoms with E-state index in [9.17, 15) is 8.78 Å². The van der Waals surface area contributed by atoms with Crippen LogP contribution in [0.2, 0.25) is 4.47 Å². The van der Waals surface area contributed by atoms with Gasteiger partial charge in [-0.15, -0.1) is 11.3 Å². The van der Waals surface area contributed by atoms with Crippen LogP contribution in [0.4, 0.5) is 14.5 Å². The molecule has 2 nitrogen and oxygen atoms in total. The van der Waals surface area contributed by atoms with Crippen LogP contribution in [0, 0.1) is 11.6 Å². The molecule has 0 aliphatic rings. The zero-order valence-corrected chi connectivity index (χ0v) is 9.58. The van der Waals surface area contributed by atoms with Crippen LogP contribution in [0.15, 0.2) is 24.4 Å². The molecule has 0 aliphatic heterocycles. The molecule has 84 valence electrons. The first kappa shape index (κ1) is 11.3. The van der Waals surface area contributed by atoms with Crippen molar-refractivity contribution in [1.29, 1.82) is 0 Å². The summed E-state index contributed by atoms with van der Waals surface area (Å²) in [5.74, 6) is -1.21. The quantitative estimate of drug-likeness (QED) is 0.910. The molecule has 2 rings (SSSR count). The van der Waals surface area contributed by atoms with Crippen LogP contribution in [0.25, 0.3) is 0 Å². The summed E-state index contributed by atoms with van der Waals surface area (Å²) < 4.78 is 26.1. The molecular weight excluding hydrogens is 254 g/mol. The topological polar surface area (TPSA) is 24.9 Å². The van der Waals surface area contributed by atoms with Gasteiger partial charge in [-0.25, -0.2) is 13.8 Å². The predicted octanol–water partition coefficient (Wildman–Crippen LogP) is 3.69. The van der Waals surface area contributed by atoms with Gasteiger partial charge in [0.15, 0.2) is 4.47 Å². The number of nitrogens with zero attached hydrogens (tertiary/aromatic N) is 1. The molecule has 1 N–H and O–H groups in total. The first-order valence-electron chi connectivity index (χ1n) is 4.43. The van der Waals surface area contributed by atoms with Crippen LogP contribution in [0.1, 0.15) is 4.88 Å². The highest BCUT2D eigenvalue weighted by Crippen LogP contribution is 2.19. The molecule has 6 heteroatoms. The summed E-state index contributed by atoms with van der Waals surface area (Å²) >= 11 is 6.97. The van der Waals surface area contributed by atoms with E-state index in [-0.39, 0.29) is 0 Å². The fourth-order valence-electron chi connectivity index (χ4n) is 1.21. The number of nitrogens with one attached hydrogen (secondary N) is 1. The molecule has 0 unspecified atom stereocenters. The first-order chi connectivity index (χ1) is 7.63. The highest BCUT2D eigenvalue weighted by molar-refractivity contribution is 7.15. The van der Waals surface area contributed by atoms with E-state index in [0.717, 1.165) is 10.9 Å². The molecule has 2 aromatic rings. The van der Waals surface area contributed by atoms with Crippen molar-refractivity contribution in [3.8, 4) is 0 Å². The van der Waals surface area contributed by atoms with Crippen molar-refractivity contribution in [2.24, 2.45) is 0 Å². The lowest BCUT2D eigenvalue weighted by Crippen LogP contribution is -1.98. The summed E-state index contributed by atoms with van der Waals surface area (Å²) in [5.41, 5.74) is 0.391. The number of rotatable bonds is 3. The van der Waals surface area contributed by atoms with E-state index in [2.05, 4.69) is 10.3 Å². The number of hydrogen-bond donors (Lipinski definition) is 1. The Morgan fingerprint density at radius 3 is 2.50 bits per heavy atom. The smallest absolute Gasteiger partial charge is 0.183 e. The van der Waals surface area contributed by atoms with Crippen molar-refractivity contribution in [3.63, 3.8) is 0 Å². The molecule has 1 heterocycles. The lowest BCUT2D eigenvalue weighted by molar-refractivity contribution is 0.584. The zero-order valence-electron chi connectivity index (χ0n) is 8.01. The summed E-state index contributed by atoms with van der Waals surface area (Å²) in [5, 5.41) is 2.89. The van der Waals surface area contributed by atoms with E-state index in [1.165, 1.54) is 23.5 Å². The Morgan fingerprint density at radius 1 is 1.25 bits per heavy atom. The summed E-state index contributed by atoms with van der Waals surface area (Å²) in [6.45, 7) is 0.438. The standard InChI is InChI=1S/C10H7ClF2N2S/c11-10-15-5-9(16-10)4-14-8-2-6(12)1-7(13)3-8/h1-3,5,14H,4H2. The lowest BCUT2D eigenvalue weighted by Gasteiger charge is -2.04. The third-order valence-electron chi connectivity index (χ3n) is 1.85. The second kappa shape index (κ2) is 4.76. The molecule has 0 fully saturated rings. The fourth-order valence-corrected chi connectivity index (χ4v) is 2.13. The molecule has 0 saturated carbocycles. The zero-order chi connectivity index (χ0) is 11.5. The first-order valence-corrected chi connectivity index (χ1v) is 5.63. The van der Waals surface area contributed by atoms with Crippen molar-refractivity contribution in [3.05, 3.63) is 45.4 Å². The van der Waals surface area contributed by atoms with Crippen molar-refractivity contribution in [2.45, 2.75) is 6.54 Å². The minimum atomic E-state index is -0.607. The van der Waals surface area contributed by atoms with Gasteiger partial charge in [-0.1, -0.05) is 11.6 Å². The molecule has 0 aliphatic carbocycles. The number of aromatic nitrogens is 1. The van der Waals surface area contributed by atoms with E-state index < -0.39 is 11.6 Å². The Balaban J connectivity index is 2.04. The number of anilines is 1. The van der Waals surface area contributed by atoms with Gasteiger partial charge in [0.2, 0.25) is 0 Å². The van der Waals surface area contributed by atoms with Crippen LogP contribution in [-0.2, 0) is 6.54 Å². The number of thiazole rings is 1. The molecular formula is C10H7ClF2N2S. The number of benzene rings is 1. The van der Waals surface area contributed by atoms with Crippen LogP contribution in [0.5, 0.6) is 0 Å². The second-order valence-electron chi connectivity index (χ2n) is 3.09. The second-order valence-corrected chi connectivity index (χ2v) is 4.79. The maximum atomic E-state index is 12.8. The van der Waals surface area contributed by atoms with Crippen molar-refractivity contribution in [2.75, 3.05) is 5.32 Å². The lowest BCUT2D eigenvalue weighted by atomic mass is 10.3. The average Bonchev–Trinajstić information content (AvgIpc) is 2.60. The third kappa shape index (κ3) is 2.90. The maximum absolute atomic E-state index is 12.8. The van der Waals surface area contributed by atoms with Crippen molar-refractivity contribution < 1.29 is 8.78 Å². The normalized spacial score (nSPS) is 10.4. The Kier molecular flexibility index (Phi) is 3.36. The highest BCUT2D eigenvalue weighted by atomic mass is 35.5. The minimum Gasteiger partial charge on any atom is -0.380 e.